The van der Waals surface area contributed by atoms with E-state index < -0.39 is 5.97 Å². The number of anilines is 1. The lowest BCUT2D eigenvalue weighted by atomic mass is 10.1. The minimum atomic E-state index is -0.440. The molecule has 0 aliphatic carbocycles. The van der Waals surface area contributed by atoms with Crippen molar-refractivity contribution < 1.29 is 9.53 Å². The number of nitrogens with one attached hydrogen (secondary N) is 1. The second-order valence-corrected chi connectivity index (χ2v) is 4.52. The predicted octanol–water partition coefficient (Wildman–Crippen LogP) is 3.37. The molecule has 1 N–H and O–H groups in total. The average Bonchev–Trinajstić information content (AvgIpc) is 2.50. The summed E-state index contributed by atoms with van der Waals surface area (Å²) in [6.07, 6.45) is 0. The molecule has 0 bridgehead atoms. The van der Waals surface area contributed by atoms with Crippen molar-refractivity contribution >= 4 is 17.4 Å². The highest BCUT2D eigenvalue weighted by Crippen LogP contribution is 2.09. The molecule has 0 saturated carbocycles. The van der Waals surface area contributed by atoms with Gasteiger partial charge in [0.05, 0.1) is 12.3 Å². The van der Waals surface area contributed by atoms with Crippen molar-refractivity contribution in [1.82, 2.24) is 0 Å². The number of rotatable bonds is 5. The average molecular weight is 282 g/mol. The zero-order chi connectivity index (χ0) is 15.1. The van der Waals surface area contributed by atoms with Gasteiger partial charge in [-0.15, -0.1) is 0 Å². The summed E-state index contributed by atoms with van der Waals surface area (Å²) in [4.78, 5) is 12.1. The van der Waals surface area contributed by atoms with E-state index in [9.17, 15) is 4.79 Å². The molecule has 0 heterocycles. The van der Waals surface area contributed by atoms with E-state index in [1.165, 1.54) is 0 Å². The first-order valence-electron chi connectivity index (χ1n) is 6.83. The van der Waals surface area contributed by atoms with Crippen LogP contribution in [0.5, 0.6) is 0 Å². The van der Waals surface area contributed by atoms with Crippen molar-refractivity contribution in [2.24, 2.45) is 5.10 Å². The van der Waals surface area contributed by atoms with E-state index in [1.807, 2.05) is 61.5 Å². The van der Waals surface area contributed by atoms with Crippen LogP contribution in [0.2, 0.25) is 0 Å². The Morgan fingerprint density at radius 3 is 2.38 bits per heavy atom. The highest BCUT2D eigenvalue weighted by molar-refractivity contribution is 6.43. The van der Waals surface area contributed by atoms with Crippen LogP contribution in [0.25, 0.3) is 0 Å². The fourth-order valence-corrected chi connectivity index (χ4v) is 1.77. The van der Waals surface area contributed by atoms with E-state index in [1.54, 1.807) is 6.92 Å². The predicted molar refractivity (Wildman–Crippen MR) is 84.4 cm³/mol. The van der Waals surface area contributed by atoms with E-state index >= 15 is 0 Å². The summed E-state index contributed by atoms with van der Waals surface area (Å²) in [6, 6.07) is 17.1. The first-order valence-corrected chi connectivity index (χ1v) is 6.83. The Morgan fingerprint density at radius 1 is 1.10 bits per heavy atom. The van der Waals surface area contributed by atoms with Gasteiger partial charge >= 0.3 is 5.97 Å². The number of nitrogens with zero attached hydrogens (tertiary/aromatic N) is 1. The number of para-hydroxylation sites is 1. The SMILES string of the molecule is CCOC(=O)/C(=N\Nc1ccccc1)c1ccc(C)cc1. The first kappa shape index (κ1) is 14.8. The highest BCUT2D eigenvalue weighted by atomic mass is 16.5. The minimum Gasteiger partial charge on any atom is -0.461 e. The third-order valence-electron chi connectivity index (χ3n) is 2.86. The topological polar surface area (TPSA) is 50.7 Å². The van der Waals surface area contributed by atoms with Crippen LogP contribution < -0.4 is 5.43 Å². The van der Waals surface area contributed by atoms with Crippen molar-refractivity contribution in [3.63, 3.8) is 0 Å². The molecule has 0 saturated heterocycles. The van der Waals surface area contributed by atoms with Gasteiger partial charge in [-0.25, -0.2) is 4.79 Å². The van der Waals surface area contributed by atoms with Gasteiger partial charge in [0.2, 0.25) is 0 Å². The molecule has 0 atom stereocenters. The molecule has 0 unspecified atom stereocenters. The zero-order valence-corrected chi connectivity index (χ0v) is 12.2. The molecular weight excluding hydrogens is 264 g/mol. The molecule has 21 heavy (non-hydrogen) atoms. The maximum atomic E-state index is 12.1. The summed E-state index contributed by atoms with van der Waals surface area (Å²) in [7, 11) is 0. The molecule has 2 rings (SSSR count). The van der Waals surface area contributed by atoms with Crippen LogP contribution in [0.1, 0.15) is 18.1 Å². The van der Waals surface area contributed by atoms with E-state index in [4.69, 9.17) is 4.74 Å². The Labute approximate surface area is 124 Å². The Hall–Kier alpha value is -2.62. The van der Waals surface area contributed by atoms with Gasteiger partial charge in [0.25, 0.3) is 0 Å². The molecule has 108 valence electrons. The van der Waals surface area contributed by atoms with Gasteiger partial charge in [-0.3, -0.25) is 5.43 Å². The van der Waals surface area contributed by atoms with Crippen molar-refractivity contribution in [2.45, 2.75) is 13.8 Å². The number of ether oxygens (including phenoxy) is 1. The van der Waals surface area contributed by atoms with E-state index in [0.29, 0.717) is 6.61 Å². The van der Waals surface area contributed by atoms with Gasteiger partial charge in [0, 0.05) is 5.56 Å². The minimum absolute atomic E-state index is 0.265. The largest absolute Gasteiger partial charge is 0.461 e. The van der Waals surface area contributed by atoms with Gasteiger partial charge in [0.15, 0.2) is 5.71 Å². The van der Waals surface area contributed by atoms with Gasteiger partial charge in [-0.05, 0) is 26.0 Å². The highest BCUT2D eigenvalue weighted by Gasteiger charge is 2.15. The Morgan fingerprint density at radius 2 is 1.76 bits per heavy atom. The van der Waals surface area contributed by atoms with E-state index in [0.717, 1.165) is 16.8 Å². The van der Waals surface area contributed by atoms with Crippen LogP contribution in [0.3, 0.4) is 0 Å². The van der Waals surface area contributed by atoms with Gasteiger partial charge in [-0.2, -0.15) is 5.10 Å². The zero-order valence-electron chi connectivity index (χ0n) is 12.2. The third kappa shape index (κ3) is 4.18. The molecule has 2 aromatic rings. The smallest absolute Gasteiger partial charge is 0.359 e. The van der Waals surface area contributed by atoms with Crippen LogP contribution in [0.15, 0.2) is 59.7 Å². The fourth-order valence-electron chi connectivity index (χ4n) is 1.77. The van der Waals surface area contributed by atoms with Crippen LogP contribution >= 0.6 is 0 Å². The Balaban J connectivity index is 2.27. The standard InChI is InChI=1S/C17H18N2O2/c1-3-21-17(20)16(14-11-9-13(2)10-12-14)19-18-15-7-5-4-6-8-15/h4-12,18H,3H2,1-2H3/b19-16-. The maximum Gasteiger partial charge on any atom is 0.359 e. The van der Waals surface area contributed by atoms with Crippen LogP contribution in [0, 0.1) is 6.92 Å². The van der Waals surface area contributed by atoms with Crippen molar-refractivity contribution in [3.8, 4) is 0 Å². The number of hydrazone groups is 1. The first-order chi connectivity index (χ1) is 10.2. The second-order valence-electron chi connectivity index (χ2n) is 4.52. The summed E-state index contributed by atoms with van der Waals surface area (Å²) >= 11 is 0. The number of esters is 1. The van der Waals surface area contributed by atoms with Crippen LogP contribution in [-0.4, -0.2) is 18.3 Å². The van der Waals surface area contributed by atoms with Crippen molar-refractivity contribution in [1.29, 1.82) is 0 Å². The second kappa shape index (κ2) is 7.24. The lowest BCUT2D eigenvalue weighted by Gasteiger charge is -2.07. The number of carbonyl (C=O) groups is 1. The number of benzene rings is 2. The number of aryl methyl sites for hydroxylation is 1. The molecule has 0 spiro atoms. The van der Waals surface area contributed by atoms with Gasteiger partial charge < -0.3 is 4.74 Å². The fraction of sp³-hybridized carbons (Fsp3) is 0.176. The Kier molecular flexibility index (Phi) is 5.10. The van der Waals surface area contributed by atoms with Crippen LogP contribution in [0.4, 0.5) is 5.69 Å². The quantitative estimate of drug-likeness (QED) is 0.519. The lowest BCUT2D eigenvalue weighted by Crippen LogP contribution is -2.20. The normalized spacial score (nSPS) is 11.0. The maximum absolute atomic E-state index is 12.1. The molecule has 0 radical (unpaired) electrons. The third-order valence-corrected chi connectivity index (χ3v) is 2.86. The van der Waals surface area contributed by atoms with Crippen LogP contribution in [-0.2, 0) is 9.53 Å². The molecule has 0 aromatic heterocycles. The summed E-state index contributed by atoms with van der Waals surface area (Å²) in [5, 5.41) is 4.20. The van der Waals surface area contributed by atoms with Gasteiger partial charge in [0.1, 0.15) is 0 Å². The van der Waals surface area contributed by atoms with Gasteiger partial charge in [-0.1, -0.05) is 48.0 Å². The summed E-state index contributed by atoms with van der Waals surface area (Å²) in [6.45, 7) is 4.08. The summed E-state index contributed by atoms with van der Waals surface area (Å²) in [5.41, 5.74) is 5.81. The van der Waals surface area contributed by atoms with Crippen molar-refractivity contribution in [3.05, 3.63) is 65.7 Å². The Bertz CT molecular complexity index is 619. The number of hydrogen-bond acceptors (Lipinski definition) is 4. The molecule has 0 amide bonds. The molecule has 4 heteroatoms. The summed E-state index contributed by atoms with van der Waals surface area (Å²) in [5.74, 6) is -0.440. The van der Waals surface area contributed by atoms with E-state index in [2.05, 4.69) is 10.5 Å². The number of carbonyl (C=O) groups excluding carboxylic acids is 1. The molecule has 2 aromatic carbocycles. The lowest BCUT2D eigenvalue weighted by molar-refractivity contribution is -0.134. The monoisotopic (exact) mass is 282 g/mol. The molecule has 0 aliphatic heterocycles. The van der Waals surface area contributed by atoms with Crippen molar-refractivity contribution in [2.75, 3.05) is 12.0 Å². The molecule has 0 aliphatic rings. The molecular formula is C17H18N2O2. The molecule has 0 fully saturated rings. The number of hydrogen-bond donors (Lipinski definition) is 1. The summed E-state index contributed by atoms with van der Waals surface area (Å²) < 4.78 is 5.07. The van der Waals surface area contributed by atoms with E-state index in [-0.39, 0.29) is 5.71 Å². The molecule has 4 nitrogen and oxygen atoms in total.